The van der Waals surface area contributed by atoms with Gasteiger partial charge in [0, 0.05) is 28.9 Å². The Bertz CT molecular complexity index is 561. The lowest BCUT2D eigenvalue weighted by Gasteiger charge is -2.00. The first-order valence-electron chi connectivity index (χ1n) is 5.99. The van der Waals surface area contributed by atoms with Crippen molar-refractivity contribution in [2.24, 2.45) is 0 Å². The second-order valence-corrected chi connectivity index (χ2v) is 4.99. The number of nitrogens with one attached hydrogen (secondary N) is 1. The number of hydrogen-bond donors (Lipinski definition) is 1. The average Bonchev–Trinajstić information content (AvgIpc) is 2.45. The Kier molecular flexibility index (Phi) is 4.93. The van der Waals surface area contributed by atoms with Gasteiger partial charge in [-0.25, -0.2) is 0 Å². The van der Waals surface area contributed by atoms with Crippen molar-refractivity contribution in [1.82, 2.24) is 5.32 Å². The molecule has 0 saturated carbocycles. The Hall–Kier alpha value is -1.87. The summed E-state index contributed by atoms with van der Waals surface area (Å²) in [5.41, 5.74) is 1.87. The topological polar surface area (TPSA) is 29.1 Å². The Morgan fingerprint density at radius 2 is 1.74 bits per heavy atom. The van der Waals surface area contributed by atoms with Crippen LogP contribution in [0, 0.1) is 0 Å². The summed E-state index contributed by atoms with van der Waals surface area (Å²) in [5, 5.41) is 3.10. The molecule has 2 nitrogen and oxygen atoms in total. The molecule has 0 aliphatic rings. The molecule has 0 fully saturated rings. The third-order valence-corrected chi connectivity index (χ3v) is 3.16. The molecule has 3 heteroatoms. The van der Waals surface area contributed by atoms with Crippen LogP contribution >= 0.6 is 15.9 Å². The highest BCUT2D eigenvalue weighted by molar-refractivity contribution is 9.10. The van der Waals surface area contributed by atoms with Crippen LogP contribution in [0.3, 0.4) is 0 Å². The van der Waals surface area contributed by atoms with E-state index in [0.29, 0.717) is 12.1 Å². The fourth-order valence-corrected chi connectivity index (χ4v) is 1.88. The molecule has 1 N–H and O–H groups in total. The van der Waals surface area contributed by atoms with Gasteiger partial charge in [0.05, 0.1) is 0 Å². The molecule has 0 aliphatic heterocycles. The van der Waals surface area contributed by atoms with Crippen molar-refractivity contribution in [3.05, 3.63) is 82.5 Å². The molecule has 2 aromatic carbocycles. The minimum absolute atomic E-state index is 0.00642. The summed E-state index contributed by atoms with van der Waals surface area (Å²) < 4.78 is 0.968. The predicted octanol–water partition coefficient (Wildman–Crippen LogP) is 3.94. The molecular formula is C16H14BrNO. The standard InChI is InChI=1S/C16H14BrNO/c17-15-8-6-14(7-9-15)16(19)10-11-18-12-13-4-2-1-3-5-13/h1-11,18H,12H2. The van der Waals surface area contributed by atoms with Crippen molar-refractivity contribution >= 4 is 21.7 Å². The number of carbonyl (C=O) groups excluding carboxylic acids is 1. The largest absolute Gasteiger partial charge is 0.387 e. The summed E-state index contributed by atoms with van der Waals surface area (Å²) in [6.07, 6.45) is 3.24. The highest BCUT2D eigenvalue weighted by Gasteiger charge is 2.00. The van der Waals surface area contributed by atoms with E-state index in [9.17, 15) is 4.79 Å². The van der Waals surface area contributed by atoms with E-state index >= 15 is 0 Å². The van der Waals surface area contributed by atoms with Gasteiger partial charge in [0.1, 0.15) is 0 Å². The summed E-state index contributed by atoms with van der Waals surface area (Å²) in [4.78, 5) is 11.8. The van der Waals surface area contributed by atoms with E-state index in [1.807, 2.05) is 42.5 Å². The Labute approximate surface area is 121 Å². The number of halogens is 1. The number of hydrogen-bond acceptors (Lipinski definition) is 2. The molecule has 0 atom stereocenters. The average molecular weight is 316 g/mol. The van der Waals surface area contributed by atoms with E-state index in [4.69, 9.17) is 0 Å². The molecule has 0 spiro atoms. The maximum Gasteiger partial charge on any atom is 0.187 e. The molecule has 0 unspecified atom stereocenters. The molecule has 0 bridgehead atoms. The Balaban J connectivity index is 1.85. The maximum atomic E-state index is 11.8. The van der Waals surface area contributed by atoms with E-state index in [1.54, 1.807) is 24.4 Å². The number of allylic oxidation sites excluding steroid dienone is 1. The molecule has 2 rings (SSSR count). The summed E-state index contributed by atoms with van der Waals surface area (Å²) in [6.45, 7) is 0.713. The predicted molar refractivity (Wildman–Crippen MR) is 80.9 cm³/mol. The normalized spacial score (nSPS) is 10.6. The smallest absolute Gasteiger partial charge is 0.187 e. The third kappa shape index (κ3) is 4.38. The number of ketones is 1. The zero-order valence-corrected chi connectivity index (χ0v) is 11.9. The molecule has 2 aromatic rings. The number of rotatable bonds is 5. The number of benzene rings is 2. The van der Waals surface area contributed by atoms with Crippen LogP contribution in [0.2, 0.25) is 0 Å². The van der Waals surface area contributed by atoms with E-state index in [2.05, 4.69) is 21.2 Å². The van der Waals surface area contributed by atoms with Crippen molar-refractivity contribution < 1.29 is 4.79 Å². The van der Waals surface area contributed by atoms with Gasteiger partial charge >= 0.3 is 0 Å². The second kappa shape index (κ2) is 6.90. The fourth-order valence-electron chi connectivity index (χ4n) is 1.62. The van der Waals surface area contributed by atoms with Gasteiger partial charge in [-0.1, -0.05) is 46.3 Å². The minimum atomic E-state index is -0.00642. The van der Waals surface area contributed by atoms with E-state index < -0.39 is 0 Å². The van der Waals surface area contributed by atoms with Crippen LogP contribution in [0.25, 0.3) is 0 Å². The molecule has 19 heavy (non-hydrogen) atoms. The first kappa shape index (κ1) is 13.6. The lowest BCUT2D eigenvalue weighted by atomic mass is 10.1. The van der Waals surface area contributed by atoms with Crippen molar-refractivity contribution in [1.29, 1.82) is 0 Å². The third-order valence-electron chi connectivity index (χ3n) is 2.63. The molecule has 0 radical (unpaired) electrons. The summed E-state index contributed by atoms with van der Waals surface area (Å²) in [5.74, 6) is -0.00642. The van der Waals surface area contributed by atoms with Crippen LogP contribution in [0.15, 0.2) is 71.3 Å². The molecule has 0 aromatic heterocycles. The van der Waals surface area contributed by atoms with E-state index in [1.165, 1.54) is 5.56 Å². The minimum Gasteiger partial charge on any atom is -0.387 e. The fraction of sp³-hybridized carbons (Fsp3) is 0.0625. The monoisotopic (exact) mass is 315 g/mol. The first-order valence-corrected chi connectivity index (χ1v) is 6.79. The van der Waals surface area contributed by atoms with E-state index in [-0.39, 0.29) is 5.78 Å². The summed E-state index contributed by atoms with van der Waals surface area (Å²) in [7, 11) is 0. The van der Waals surface area contributed by atoms with Gasteiger partial charge in [0.2, 0.25) is 0 Å². The van der Waals surface area contributed by atoms with Gasteiger partial charge in [0.25, 0.3) is 0 Å². The molecule has 96 valence electrons. The van der Waals surface area contributed by atoms with Crippen LogP contribution in [-0.2, 0) is 6.54 Å². The summed E-state index contributed by atoms with van der Waals surface area (Å²) in [6, 6.07) is 17.4. The second-order valence-electron chi connectivity index (χ2n) is 4.07. The SMILES string of the molecule is O=C(C=CNCc1ccccc1)c1ccc(Br)cc1. The molecule has 0 saturated heterocycles. The highest BCUT2D eigenvalue weighted by atomic mass is 79.9. The van der Waals surface area contributed by atoms with E-state index in [0.717, 1.165) is 4.47 Å². The lowest BCUT2D eigenvalue weighted by Crippen LogP contribution is -2.05. The molecule has 0 amide bonds. The van der Waals surface area contributed by atoms with Crippen LogP contribution in [0.5, 0.6) is 0 Å². The van der Waals surface area contributed by atoms with Crippen molar-refractivity contribution in [3.63, 3.8) is 0 Å². The van der Waals surface area contributed by atoms with Crippen LogP contribution in [0.1, 0.15) is 15.9 Å². The van der Waals surface area contributed by atoms with Gasteiger partial charge in [-0.2, -0.15) is 0 Å². The zero-order valence-electron chi connectivity index (χ0n) is 10.3. The van der Waals surface area contributed by atoms with Gasteiger partial charge in [-0.05, 0) is 29.8 Å². The van der Waals surface area contributed by atoms with Gasteiger partial charge in [-0.3, -0.25) is 4.79 Å². The first-order chi connectivity index (χ1) is 9.25. The van der Waals surface area contributed by atoms with Crippen LogP contribution < -0.4 is 5.32 Å². The molecular weight excluding hydrogens is 302 g/mol. The lowest BCUT2D eigenvalue weighted by molar-refractivity contribution is 0.104. The van der Waals surface area contributed by atoms with Gasteiger partial charge < -0.3 is 5.32 Å². The van der Waals surface area contributed by atoms with Crippen molar-refractivity contribution in [3.8, 4) is 0 Å². The Morgan fingerprint density at radius 1 is 1.05 bits per heavy atom. The van der Waals surface area contributed by atoms with Crippen molar-refractivity contribution in [2.75, 3.05) is 0 Å². The Morgan fingerprint density at radius 3 is 2.42 bits per heavy atom. The molecule has 0 heterocycles. The number of carbonyl (C=O) groups is 1. The zero-order chi connectivity index (χ0) is 13.5. The highest BCUT2D eigenvalue weighted by Crippen LogP contribution is 2.11. The maximum absolute atomic E-state index is 11.8. The quantitative estimate of drug-likeness (QED) is 0.669. The molecule has 0 aliphatic carbocycles. The summed E-state index contributed by atoms with van der Waals surface area (Å²) >= 11 is 3.34. The van der Waals surface area contributed by atoms with Gasteiger partial charge in [-0.15, -0.1) is 0 Å². The van der Waals surface area contributed by atoms with Crippen LogP contribution in [0.4, 0.5) is 0 Å². The van der Waals surface area contributed by atoms with Crippen molar-refractivity contribution in [2.45, 2.75) is 6.54 Å². The van der Waals surface area contributed by atoms with Gasteiger partial charge in [0.15, 0.2) is 5.78 Å². The van der Waals surface area contributed by atoms with Crippen LogP contribution in [-0.4, -0.2) is 5.78 Å².